The van der Waals surface area contributed by atoms with Crippen LogP contribution in [0.5, 0.6) is 11.5 Å². The molecule has 0 aromatic heterocycles. The van der Waals surface area contributed by atoms with Gasteiger partial charge >= 0.3 is 0 Å². The Morgan fingerprint density at radius 3 is 2.36 bits per heavy atom. The number of hydrogen-bond acceptors (Lipinski definition) is 6. The number of carbonyl (C=O) groups excluding carboxylic acids is 2. The number of rotatable bonds is 5. The highest BCUT2D eigenvalue weighted by Crippen LogP contribution is 2.36. The van der Waals surface area contributed by atoms with Crippen molar-refractivity contribution in [1.82, 2.24) is 9.21 Å². The zero-order valence-corrected chi connectivity index (χ0v) is 17.1. The van der Waals surface area contributed by atoms with Gasteiger partial charge in [-0.25, -0.2) is 8.42 Å². The first-order chi connectivity index (χ1) is 13.2. The lowest BCUT2D eigenvalue weighted by Gasteiger charge is -2.34. The van der Waals surface area contributed by atoms with Gasteiger partial charge in [-0.3, -0.25) is 9.59 Å². The van der Waals surface area contributed by atoms with Crippen LogP contribution >= 0.6 is 0 Å². The van der Waals surface area contributed by atoms with Gasteiger partial charge in [0.15, 0.2) is 0 Å². The summed E-state index contributed by atoms with van der Waals surface area (Å²) in [5.74, 6) is 0.406. The summed E-state index contributed by atoms with van der Waals surface area (Å²) in [6.07, 6.45) is 1.29. The van der Waals surface area contributed by atoms with Gasteiger partial charge in [0.25, 0.3) is 0 Å². The molecule has 0 saturated carbocycles. The molecule has 1 aromatic carbocycles. The highest BCUT2D eigenvalue weighted by atomic mass is 32.2. The second-order valence-electron chi connectivity index (χ2n) is 6.93. The normalized spacial score (nSPS) is 21.1. The molecule has 2 aliphatic heterocycles. The van der Waals surface area contributed by atoms with Crippen LogP contribution in [0.25, 0.3) is 0 Å². The van der Waals surface area contributed by atoms with Crippen LogP contribution in [0.4, 0.5) is 5.69 Å². The van der Waals surface area contributed by atoms with Gasteiger partial charge in [0.05, 0.1) is 32.1 Å². The number of ether oxygens (including phenoxy) is 2. The standard InChI is InChI=1S/C18H25N3O6S/c1-26-14-4-5-15(16(11-14)27-2)21-12-13(10-17(21)22)18(23)19-6-8-20(9-7-19)28(3,24)25/h4-5,11,13H,6-10,12H2,1-3H3/t13-/m0/s1. The monoisotopic (exact) mass is 411 g/mol. The van der Waals surface area contributed by atoms with E-state index in [0.29, 0.717) is 30.3 Å². The molecule has 1 atom stereocenters. The van der Waals surface area contributed by atoms with E-state index in [2.05, 4.69) is 0 Å². The number of piperazine rings is 1. The highest BCUT2D eigenvalue weighted by Gasteiger charge is 2.39. The minimum atomic E-state index is -3.25. The summed E-state index contributed by atoms with van der Waals surface area (Å²) in [5, 5.41) is 0. The van der Waals surface area contributed by atoms with Crippen LogP contribution in [0.15, 0.2) is 18.2 Å². The van der Waals surface area contributed by atoms with E-state index in [1.807, 2.05) is 0 Å². The lowest BCUT2D eigenvalue weighted by molar-refractivity contribution is -0.136. The van der Waals surface area contributed by atoms with Crippen LogP contribution < -0.4 is 14.4 Å². The van der Waals surface area contributed by atoms with E-state index in [1.54, 1.807) is 35.1 Å². The maximum absolute atomic E-state index is 12.9. The molecule has 0 unspecified atom stereocenters. The van der Waals surface area contributed by atoms with Crippen molar-refractivity contribution in [2.45, 2.75) is 6.42 Å². The number of anilines is 1. The molecule has 28 heavy (non-hydrogen) atoms. The first kappa shape index (κ1) is 20.4. The van der Waals surface area contributed by atoms with Crippen LogP contribution in [0.2, 0.25) is 0 Å². The van der Waals surface area contributed by atoms with Crippen molar-refractivity contribution in [3.05, 3.63) is 18.2 Å². The molecule has 2 aliphatic rings. The summed E-state index contributed by atoms with van der Waals surface area (Å²) in [5.41, 5.74) is 0.602. The Morgan fingerprint density at radius 1 is 1.11 bits per heavy atom. The number of sulfonamides is 1. The predicted octanol–water partition coefficient (Wildman–Crippen LogP) is 0.161. The van der Waals surface area contributed by atoms with Crippen molar-refractivity contribution in [2.24, 2.45) is 5.92 Å². The van der Waals surface area contributed by atoms with Crippen LogP contribution in [-0.2, 0) is 19.6 Å². The predicted molar refractivity (Wildman–Crippen MR) is 103 cm³/mol. The minimum Gasteiger partial charge on any atom is -0.497 e. The lowest BCUT2D eigenvalue weighted by Crippen LogP contribution is -2.51. The largest absolute Gasteiger partial charge is 0.497 e. The molecule has 0 aliphatic carbocycles. The molecule has 2 amide bonds. The summed E-state index contributed by atoms with van der Waals surface area (Å²) in [6.45, 7) is 1.50. The first-order valence-corrected chi connectivity index (χ1v) is 10.9. The molecule has 2 heterocycles. The number of benzene rings is 1. The summed E-state index contributed by atoms with van der Waals surface area (Å²) in [7, 11) is -0.186. The zero-order chi connectivity index (χ0) is 20.5. The Kier molecular flexibility index (Phi) is 5.80. The third-order valence-corrected chi connectivity index (χ3v) is 6.47. The fourth-order valence-electron chi connectivity index (χ4n) is 3.61. The van der Waals surface area contributed by atoms with Crippen LogP contribution in [0.1, 0.15) is 6.42 Å². The minimum absolute atomic E-state index is 0.114. The maximum atomic E-state index is 12.9. The third-order valence-electron chi connectivity index (χ3n) is 5.17. The fraction of sp³-hybridized carbons (Fsp3) is 0.556. The molecule has 154 valence electrons. The molecule has 3 rings (SSSR count). The molecule has 2 fully saturated rings. The summed E-state index contributed by atoms with van der Waals surface area (Å²) in [6, 6.07) is 5.18. The second kappa shape index (κ2) is 7.96. The fourth-order valence-corrected chi connectivity index (χ4v) is 4.44. The first-order valence-electron chi connectivity index (χ1n) is 9.01. The van der Waals surface area contributed by atoms with Gasteiger partial charge in [0, 0.05) is 45.2 Å². The van der Waals surface area contributed by atoms with Crippen molar-refractivity contribution < 1.29 is 27.5 Å². The molecule has 9 nitrogen and oxygen atoms in total. The molecule has 10 heteroatoms. The highest BCUT2D eigenvalue weighted by molar-refractivity contribution is 7.88. The average Bonchev–Trinajstić information content (AvgIpc) is 3.07. The van der Waals surface area contributed by atoms with Gasteiger partial charge < -0.3 is 19.3 Å². The third kappa shape index (κ3) is 4.07. The van der Waals surface area contributed by atoms with E-state index in [4.69, 9.17) is 9.47 Å². The van der Waals surface area contributed by atoms with E-state index in [1.165, 1.54) is 17.7 Å². The molecular formula is C18H25N3O6S. The van der Waals surface area contributed by atoms with Gasteiger partial charge in [-0.05, 0) is 12.1 Å². The summed E-state index contributed by atoms with van der Waals surface area (Å²) >= 11 is 0. The second-order valence-corrected chi connectivity index (χ2v) is 8.91. The quantitative estimate of drug-likeness (QED) is 0.685. The van der Waals surface area contributed by atoms with Crippen molar-refractivity contribution in [1.29, 1.82) is 0 Å². The van der Waals surface area contributed by atoms with Crippen LogP contribution in [0.3, 0.4) is 0 Å². The average molecular weight is 411 g/mol. The van der Waals surface area contributed by atoms with Gasteiger partial charge in [-0.2, -0.15) is 4.31 Å². The smallest absolute Gasteiger partial charge is 0.228 e. The van der Waals surface area contributed by atoms with E-state index in [-0.39, 0.29) is 37.9 Å². The molecule has 1 aromatic rings. The lowest BCUT2D eigenvalue weighted by atomic mass is 10.1. The maximum Gasteiger partial charge on any atom is 0.228 e. The Morgan fingerprint density at radius 2 is 1.79 bits per heavy atom. The Bertz CT molecular complexity index is 864. The molecule has 0 spiro atoms. The molecule has 2 saturated heterocycles. The van der Waals surface area contributed by atoms with Crippen LogP contribution in [-0.4, -0.2) is 82.6 Å². The van der Waals surface area contributed by atoms with Gasteiger partial charge in [-0.15, -0.1) is 0 Å². The van der Waals surface area contributed by atoms with E-state index in [0.717, 1.165) is 0 Å². The van der Waals surface area contributed by atoms with Crippen molar-refractivity contribution in [2.75, 3.05) is 58.1 Å². The topological polar surface area (TPSA) is 96.5 Å². The SMILES string of the molecule is COc1ccc(N2C[C@@H](C(=O)N3CCN(S(C)(=O)=O)CC3)CC2=O)c(OC)c1. The van der Waals surface area contributed by atoms with Crippen molar-refractivity contribution >= 4 is 27.5 Å². The number of carbonyl (C=O) groups is 2. The molecule has 0 radical (unpaired) electrons. The van der Waals surface area contributed by atoms with Crippen LogP contribution in [0, 0.1) is 5.92 Å². The number of hydrogen-bond donors (Lipinski definition) is 0. The molecule has 0 N–H and O–H groups in total. The van der Waals surface area contributed by atoms with E-state index < -0.39 is 15.9 Å². The van der Waals surface area contributed by atoms with Gasteiger partial charge in [0.1, 0.15) is 11.5 Å². The van der Waals surface area contributed by atoms with Crippen molar-refractivity contribution in [3.63, 3.8) is 0 Å². The van der Waals surface area contributed by atoms with E-state index in [9.17, 15) is 18.0 Å². The van der Waals surface area contributed by atoms with Gasteiger partial charge in [-0.1, -0.05) is 0 Å². The van der Waals surface area contributed by atoms with E-state index >= 15 is 0 Å². The number of methoxy groups -OCH3 is 2. The molecule has 0 bridgehead atoms. The van der Waals surface area contributed by atoms with Gasteiger partial charge in [0.2, 0.25) is 21.8 Å². The summed E-state index contributed by atoms with van der Waals surface area (Å²) < 4.78 is 35.2. The number of amides is 2. The number of nitrogens with zero attached hydrogens (tertiary/aromatic N) is 3. The molecular weight excluding hydrogens is 386 g/mol. The van der Waals surface area contributed by atoms with Crippen molar-refractivity contribution in [3.8, 4) is 11.5 Å². The summed E-state index contributed by atoms with van der Waals surface area (Å²) in [4.78, 5) is 28.6. The Labute approximate surface area is 164 Å². The zero-order valence-electron chi connectivity index (χ0n) is 16.3. The Balaban J connectivity index is 1.69. The Hall–Kier alpha value is -2.33.